The third-order valence-electron chi connectivity index (χ3n) is 12.4. The first-order valence-corrected chi connectivity index (χ1v) is 25.8. The molecule has 337 valence electrons. The number of hydrogen-bond acceptors (Lipinski definition) is 8. The van der Waals surface area contributed by atoms with Crippen LogP contribution in [0.25, 0.3) is 0 Å². The summed E-state index contributed by atoms with van der Waals surface area (Å²) >= 11 is 7.38. The van der Waals surface area contributed by atoms with Gasteiger partial charge in [-0.15, -0.1) is 0 Å². The highest BCUT2D eigenvalue weighted by molar-refractivity contribution is 7.85. The molecule has 2 unspecified atom stereocenters. The van der Waals surface area contributed by atoms with E-state index in [2.05, 4.69) is 79.3 Å². The number of nitrogens with zero attached hydrogens (tertiary/aromatic N) is 2. The molecule has 1 aliphatic carbocycles. The van der Waals surface area contributed by atoms with E-state index in [-0.39, 0.29) is 29.7 Å². The van der Waals surface area contributed by atoms with Gasteiger partial charge < -0.3 is 18.7 Å². The normalized spacial score (nSPS) is 21.8. The quantitative estimate of drug-likeness (QED) is 0.0361. The molecule has 3 aliphatic rings. The van der Waals surface area contributed by atoms with E-state index in [9.17, 15) is 22.3 Å². The minimum Gasteiger partial charge on any atom is -0.468 e. The highest BCUT2D eigenvalue weighted by Crippen LogP contribution is 2.54. The molecule has 0 bridgehead atoms. The van der Waals surface area contributed by atoms with Crippen molar-refractivity contribution in [1.82, 2.24) is 0 Å². The van der Waals surface area contributed by atoms with Gasteiger partial charge in [0.15, 0.2) is 5.71 Å². The van der Waals surface area contributed by atoms with Crippen molar-refractivity contribution in [2.45, 2.75) is 134 Å². The van der Waals surface area contributed by atoms with Crippen molar-refractivity contribution in [1.29, 1.82) is 0 Å². The number of carbonyl (C=O) groups is 1. The lowest BCUT2D eigenvalue weighted by molar-refractivity contribution is -0.394. The zero-order valence-electron chi connectivity index (χ0n) is 37.5. The standard InChI is InChI=1S/C49H66ClN2O8PS/c1-8-12-28-48(6)41-34-37(5)20-24-43(41)52(31-15-14-16-32-58-36-53)45(48)26-21-38-18-17-19-39(47(38)50)22-27-46-49(7,29-33-61(54,59-10-3)60-11-4)42-35-40(62(55,56)57)23-25-44(42)51(46)30-13-9-2/h1,20-27,30,34-36H,8-19,28-29,31-33H2,2-7H3,(H,55,56,57)/q+1. The number of rotatable bonds is 24. The summed E-state index contributed by atoms with van der Waals surface area (Å²) in [5, 5.41) is 0.703. The van der Waals surface area contributed by atoms with E-state index in [0.717, 1.165) is 93.3 Å². The van der Waals surface area contributed by atoms with Gasteiger partial charge in [0.1, 0.15) is 0 Å². The maximum absolute atomic E-state index is 13.9. The van der Waals surface area contributed by atoms with Gasteiger partial charge in [0.25, 0.3) is 16.6 Å². The zero-order valence-corrected chi connectivity index (χ0v) is 39.9. The van der Waals surface area contributed by atoms with Crippen molar-refractivity contribution < 1.29 is 40.7 Å². The monoisotopic (exact) mass is 908 g/mol. The Balaban J connectivity index is 1.57. The molecule has 2 aromatic rings. The fourth-order valence-electron chi connectivity index (χ4n) is 9.14. The smallest absolute Gasteiger partial charge is 0.330 e. The van der Waals surface area contributed by atoms with Crippen molar-refractivity contribution in [3.05, 3.63) is 113 Å². The second-order valence-electron chi connectivity index (χ2n) is 16.8. The van der Waals surface area contributed by atoms with Gasteiger partial charge in [-0.05, 0) is 147 Å². The van der Waals surface area contributed by atoms with Crippen LogP contribution in [0, 0.1) is 20.4 Å². The minimum absolute atomic E-state index is 0.101. The molecule has 0 amide bonds. The number of halogens is 1. The number of hydrogen-bond donors (Lipinski definition) is 1. The Hall–Kier alpha value is -3.31. The first kappa shape index (κ1) is 49.7. The van der Waals surface area contributed by atoms with Crippen molar-refractivity contribution in [2.75, 3.05) is 37.4 Å². The molecule has 10 nitrogen and oxygen atoms in total. The number of carbonyl (C=O) groups excluding carboxylic acids is 1. The Labute approximate surface area is 376 Å². The summed E-state index contributed by atoms with van der Waals surface area (Å²) in [6.07, 6.45) is 18.2. The third kappa shape index (κ3) is 11.3. The van der Waals surface area contributed by atoms with Gasteiger partial charge in [0.05, 0.1) is 36.3 Å². The largest absolute Gasteiger partial charge is 0.468 e. The number of anilines is 1. The predicted octanol–water partition coefficient (Wildman–Crippen LogP) is 12.3. The summed E-state index contributed by atoms with van der Waals surface area (Å²) in [7, 11) is -7.98. The second kappa shape index (κ2) is 22.1. The number of benzene rings is 2. The zero-order chi connectivity index (χ0) is 45.1. The molecule has 2 aromatic carbocycles. The molecule has 13 heteroatoms. The number of fused-ring (bicyclic) bond motifs is 2. The SMILES string of the molecule is [CH]CCCC1(C)/C(=C/C=C2\CCCC(/C=C/C3=[N+]([CH]CCC)c4ccc(S(=O)(=O)O)cc4C3(C)CCP(=O)(OCC)OCC)=C2Cl)N(CCCCCOC=O)c2ccc(C)cc21. The van der Waals surface area contributed by atoms with Crippen LogP contribution in [0.15, 0.2) is 87.5 Å². The average Bonchev–Trinajstić information content (AvgIpc) is 3.61. The van der Waals surface area contributed by atoms with E-state index in [1.54, 1.807) is 19.9 Å². The fourth-order valence-corrected chi connectivity index (χ4v) is 11.8. The molecule has 2 heterocycles. The number of ether oxygens (including phenoxy) is 1. The Kier molecular flexibility index (Phi) is 17.7. The Bertz CT molecular complexity index is 2240. The molecular weight excluding hydrogens is 843 g/mol. The van der Waals surface area contributed by atoms with Gasteiger partial charge in [-0.3, -0.25) is 13.9 Å². The lowest BCUT2D eigenvalue weighted by Crippen LogP contribution is -2.32. The lowest BCUT2D eigenvalue weighted by atomic mass is 9.76. The third-order valence-corrected chi connectivity index (χ3v) is 15.8. The molecule has 62 heavy (non-hydrogen) atoms. The second-order valence-corrected chi connectivity index (χ2v) is 20.8. The highest BCUT2D eigenvalue weighted by Gasteiger charge is 2.49. The van der Waals surface area contributed by atoms with Crippen LogP contribution in [0.5, 0.6) is 0 Å². The van der Waals surface area contributed by atoms with Crippen LogP contribution >= 0.6 is 19.2 Å². The van der Waals surface area contributed by atoms with Gasteiger partial charge in [-0.25, -0.2) is 0 Å². The predicted molar refractivity (Wildman–Crippen MR) is 250 cm³/mol. The van der Waals surface area contributed by atoms with Gasteiger partial charge in [-0.1, -0.05) is 54.8 Å². The van der Waals surface area contributed by atoms with E-state index in [1.165, 1.54) is 34.6 Å². The molecule has 0 saturated carbocycles. The van der Waals surface area contributed by atoms with Crippen LogP contribution < -0.4 is 4.90 Å². The summed E-state index contributed by atoms with van der Waals surface area (Å²) < 4.78 is 67.3. The van der Waals surface area contributed by atoms with Crippen LogP contribution in [0.3, 0.4) is 0 Å². The fraction of sp³-hybridized carbons (Fsp3) is 0.510. The van der Waals surface area contributed by atoms with E-state index in [4.69, 9.17) is 32.3 Å². The van der Waals surface area contributed by atoms with Crippen LogP contribution in [-0.2, 0) is 44.1 Å². The molecule has 2 atom stereocenters. The summed E-state index contributed by atoms with van der Waals surface area (Å²) in [6, 6.07) is 11.4. The number of unbranched alkanes of at least 4 members (excludes halogenated alkanes) is 4. The Morgan fingerprint density at radius 3 is 2.39 bits per heavy atom. The van der Waals surface area contributed by atoms with Crippen molar-refractivity contribution in [2.24, 2.45) is 0 Å². The van der Waals surface area contributed by atoms with Gasteiger partial charge in [0, 0.05) is 52.5 Å². The first-order valence-electron chi connectivity index (χ1n) is 22.2. The molecule has 2 aliphatic heterocycles. The molecule has 1 N–H and O–H groups in total. The molecule has 0 aromatic heterocycles. The topological polar surface area (TPSA) is 122 Å². The summed E-state index contributed by atoms with van der Waals surface area (Å²) in [4.78, 5) is 12.9. The van der Waals surface area contributed by atoms with Crippen LogP contribution in [0.4, 0.5) is 11.4 Å². The highest BCUT2D eigenvalue weighted by atomic mass is 35.5. The van der Waals surface area contributed by atoms with Crippen molar-refractivity contribution in [3.8, 4) is 0 Å². The van der Waals surface area contributed by atoms with Crippen LogP contribution in [0.1, 0.15) is 128 Å². The number of aryl methyl sites for hydroxylation is 1. The Morgan fingerprint density at radius 2 is 1.71 bits per heavy atom. The van der Waals surface area contributed by atoms with Gasteiger partial charge >= 0.3 is 7.60 Å². The first-order chi connectivity index (χ1) is 29.6. The van der Waals surface area contributed by atoms with Crippen molar-refractivity contribution in [3.63, 3.8) is 0 Å². The van der Waals surface area contributed by atoms with Crippen LogP contribution in [0.2, 0.25) is 0 Å². The molecule has 0 fully saturated rings. The van der Waals surface area contributed by atoms with E-state index < -0.39 is 23.1 Å². The lowest BCUT2D eigenvalue weighted by Gasteiger charge is -2.31. The minimum atomic E-state index is -4.50. The van der Waals surface area contributed by atoms with Crippen LogP contribution in [-0.4, -0.2) is 62.3 Å². The Morgan fingerprint density at radius 1 is 0.952 bits per heavy atom. The van der Waals surface area contributed by atoms with Gasteiger partial charge in [-0.2, -0.15) is 13.0 Å². The molecule has 3 radical (unpaired) electrons. The van der Waals surface area contributed by atoms with E-state index >= 15 is 0 Å². The molecular formula is C49H66ClN2O8PS+. The number of allylic oxidation sites excluding steroid dienone is 8. The maximum Gasteiger partial charge on any atom is 0.330 e. The average molecular weight is 910 g/mol. The van der Waals surface area contributed by atoms with Crippen molar-refractivity contribution >= 4 is 52.9 Å². The summed E-state index contributed by atoms with van der Waals surface area (Å²) in [5.74, 6) is 0. The molecule has 0 saturated heterocycles. The van der Waals surface area contributed by atoms with E-state index in [1.807, 2.05) is 6.92 Å². The summed E-state index contributed by atoms with van der Waals surface area (Å²) in [6.45, 7) is 22.5. The van der Waals surface area contributed by atoms with Gasteiger partial charge in [0.2, 0.25) is 12.2 Å². The molecule has 0 spiro atoms. The van der Waals surface area contributed by atoms with E-state index in [0.29, 0.717) is 36.5 Å². The maximum atomic E-state index is 13.9. The molecule has 5 rings (SSSR count). The summed E-state index contributed by atoms with van der Waals surface area (Å²) in [5.41, 5.74) is 8.23.